The number of benzene rings is 3. The Bertz CT molecular complexity index is 1120. The molecule has 3 aromatic rings. The summed E-state index contributed by atoms with van der Waals surface area (Å²) in [6, 6.07) is 17.1. The number of hydrogen-bond acceptors (Lipinski definition) is 4. The molecule has 2 aliphatic rings. The first-order valence-electron chi connectivity index (χ1n) is 10.9. The van der Waals surface area contributed by atoms with Crippen LogP contribution < -0.4 is 4.74 Å². The molecule has 2 fully saturated rings. The number of phenols is 1. The number of hydrogen-bond donors (Lipinski definition) is 1. The van der Waals surface area contributed by atoms with Gasteiger partial charge in [-0.2, -0.15) is 0 Å². The fraction of sp³-hybridized carbons (Fsp3) is 0.346. The monoisotopic (exact) mass is 417 g/mol. The van der Waals surface area contributed by atoms with Gasteiger partial charge in [0.1, 0.15) is 11.5 Å². The number of fused-ring (bicyclic) bond motifs is 1. The summed E-state index contributed by atoms with van der Waals surface area (Å²) in [5, 5.41) is 12.3. The zero-order chi connectivity index (χ0) is 21.4. The van der Waals surface area contributed by atoms with E-state index in [9.17, 15) is 9.90 Å². The molecule has 0 aromatic heterocycles. The quantitative estimate of drug-likeness (QED) is 0.661. The maximum Gasteiger partial charge on any atom is 0.253 e. The molecule has 0 aliphatic carbocycles. The standard InChI is InChI=1S/C26H27NO4/c1-30-22-6-7-24(28)23(16-22)20-4-2-19-15-21(5-3-18(19)14-20)25(29)27-11-8-26(9-12-27)10-13-31-17-26/h2-7,14-16,28H,8-13,17H2,1H3. The highest BCUT2D eigenvalue weighted by Crippen LogP contribution is 2.39. The van der Waals surface area contributed by atoms with Crippen LogP contribution in [0.5, 0.6) is 11.5 Å². The summed E-state index contributed by atoms with van der Waals surface area (Å²) in [5.74, 6) is 1.01. The largest absolute Gasteiger partial charge is 0.507 e. The molecule has 0 radical (unpaired) electrons. The second-order valence-electron chi connectivity index (χ2n) is 8.75. The van der Waals surface area contributed by atoms with Crippen molar-refractivity contribution in [3.8, 4) is 22.6 Å². The van der Waals surface area contributed by atoms with Crippen molar-refractivity contribution in [1.82, 2.24) is 4.90 Å². The van der Waals surface area contributed by atoms with Crippen LogP contribution in [0.4, 0.5) is 0 Å². The number of aromatic hydroxyl groups is 1. The topological polar surface area (TPSA) is 59.0 Å². The van der Waals surface area contributed by atoms with E-state index in [2.05, 4.69) is 0 Å². The van der Waals surface area contributed by atoms with Gasteiger partial charge in [-0.05, 0) is 77.4 Å². The summed E-state index contributed by atoms with van der Waals surface area (Å²) in [6.07, 6.45) is 3.18. The first-order valence-corrected chi connectivity index (χ1v) is 10.9. The molecule has 160 valence electrons. The molecule has 2 aliphatic heterocycles. The maximum absolute atomic E-state index is 13.1. The summed E-state index contributed by atoms with van der Waals surface area (Å²) in [7, 11) is 1.61. The van der Waals surface area contributed by atoms with Crippen molar-refractivity contribution in [2.24, 2.45) is 5.41 Å². The smallest absolute Gasteiger partial charge is 0.253 e. The van der Waals surface area contributed by atoms with E-state index in [-0.39, 0.29) is 11.7 Å². The van der Waals surface area contributed by atoms with Crippen LogP contribution in [0.3, 0.4) is 0 Å². The Morgan fingerprint density at radius 2 is 1.77 bits per heavy atom. The van der Waals surface area contributed by atoms with Crippen LogP contribution in [0.25, 0.3) is 21.9 Å². The lowest BCUT2D eigenvalue weighted by atomic mass is 9.78. The average molecular weight is 418 g/mol. The fourth-order valence-corrected chi connectivity index (χ4v) is 4.83. The van der Waals surface area contributed by atoms with Crippen molar-refractivity contribution in [2.75, 3.05) is 33.4 Å². The van der Waals surface area contributed by atoms with Gasteiger partial charge in [-0.1, -0.05) is 18.2 Å². The van der Waals surface area contributed by atoms with Gasteiger partial charge in [-0.3, -0.25) is 4.79 Å². The summed E-state index contributed by atoms with van der Waals surface area (Å²) in [4.78, 5) is 15.1. The SMILES string of the molecule is COc1ccc(O)c(-c2ccc3cc(C(=O)N4CCC5(CCOC5)CC4)ccc3c2)c1. The molecule has 0 atom stereocenters. The van der Waals surface area contributed by atoms with Crippen molar-refractivity contribution < 1.29 is 19.4 Å². The van der Waals surface area contributed by atoms with E-state index in [0.29, 0.717) is 11.2 Å². The minimum atomic E-state index is 0.102. The molecule has 1 N–H and O–H groups in total. The van der Waals surface area contributed by atoms with Crippen LogP contribution in [0, 0.1) is 5.41 Å². The Balaban J connectivity index is 1.37. The van der Waals surface area contributed by atoms with Gasteiger partial charge >= 0.3 is 0 Å². The Morgan fingerprint density at radius 1 is 1.00 bits per heavy atom. The molecule has 1 amide bonds. The van der Waals surface area contributed by atoms with E-state index in [4.69, 9.17) is 9.47 Å². The highest BCUT2D eigenvalue weighted by atomic mass is 16.5. The second-order valence-corrected chi connectivity index (χ2v) is 8.75. The molecular formula is C26H27NO4. The van der Waals surface area contributed by atoms with Crippen molar-refractivity contribution in [3.63, 3.8) is 0 Å². The van der Waals surface area contributed by atoms with Crippen LogP contribution in [-0.2, 0) is 4.74 Å². The molecule has 0 bridgehead atoms. The zero-order valence-electron chi connectivity index (χ0n) is 17.8. The molecule has 5 heteroatoms. The Morgan fingerprint density at radius 3 is 2.52 bits per heavy atom. The van der Waals surface area contributed by atoms with Crippen LogP contribution in [0.15, 0.2) is 54.6 Å². The number of methoxy groups -OCH3 is 1. The molecule has 5 nitrogen and oxygen atoms in total. The van der Waals surface area contributed by atoms with Gasteiger partial charge in [-0.15, -0.1) is 0 Å². The molecule has 5 rings (SSSR count). The molecule has 3 aromatic carbocycles. The van der Waals surface area contributed by atoms with Gasteiger partial charge in [0, 0.05) is 30.8 Å². The van der Waals surface area contributed by atoms with Crippen molar-refractivity contribution in [2.45, 2.75) is 19.3 Å². The number of carbonyl (C=O) groups is 1. The van der Waals surface area contributed by atoms with E-state index in [0.717, 1.165) is 73.0 Å². The molecular weight excluding hydrogens is 390 g/mol. The lowest BCUT2D eigenvalue weighted by Crippen LogP contribution is -2.43. The zero-order valence-corrected chi connectivity index (χ0v) is 17.8. The van der Waals surface area contributed by atoms with E-state index in [1.54, 1.807) is 19.2 Å². The average Bonchev–Trinajstić information content (AvgIpc) is 3.26. The summed E-state index contributed by atoms with van der Waals surface area (Å²) >= 11 is 0. The number of rotatable bonds is 3. The minimum absolute atomic E-state index is 0.102. The van der Waals surface area contributed by atoms with Crippen LogP contribution in [0.1, 0.15) is 29.6 Å². The minimum Gasteiger partial charge on any atom is -0.507 e. The Hall–Kier alpha value is -3.05. The third-order valence-electron chi connectivity index (χ3n) is 6.90. The van der Waals surface area contributed by atoms with Crippen molar-refractivity contribution >= 4 is 16.7 Å². The lowest BCUT2D eigenvalue weighted by molar-refractivity contribution is 0.0533. The third kappa shape index (κ3) is 3.74. The Labute approximate surface area is 182 Å². The van der Waals surface area contributed by atoms with E-state index in [1.807, 2.05) is 47.4 Å². The lowest BCUT2D eigenvalue weighted by Gasteiger charge is -2.38. The van der Waals surface area contributed by atoms with Crippen LogP contribution >= 0.6 is 0 Å². The highest BCUT2D eigenvalue weighted by molar-refractivity contribution is 5.99. The number of ether oxygens (including phenoxy) is 2. The van der Waals surface area contributed by atoms with Crippen LogP contribution in [0.2, 0.25) is 0 Å². The van der Waals surface area contributed by atoms with Gasteiger partial charge in [-0.25, -0.2) is 0 Å². The van der Waals surface area contributed by atoms with E-state index < -0.39 is 0 Å². The van der Waals surface area contributed by atoms with Gasteiger partial charge < -0.3 is 19.5 Å². The number of likely N-dealkylation sites (tertiary alicyclic amines) is 1. The van der Waals surface area contributed by atoms with Gasteiger partial charge in [0.25, 0.3) is 5.91 Å². The highest BCUT2D eigenvalue weighted by Gasteiger charge is 2.39. The normalized spacial score (nSPS) is 17.9. The van der Waals surface area contributed by atoms with E-state index in [1.165, 1.54) is 0 Å². The molecule has 31 heavy (non-hydrogen) atoms. The molecule has 0 unspecified atom stereocenters. The number of nitrogens with zero attached hydrogens (tertiary/aromatic N) is 1. The van der Waals surface area contributed by atoms with Gasteiger partial charge in [0.15, 0.2) is 0 Å². The van der Waals surface area contributed by atoms with Crippen molar-refractivity contribution in [1.29, 1.82) is 0 Å². The number of amides is 1. The Kier molecular flexibility index (Phi) is 5.06. The van der Waals surface area contributed by atoms with Gasteiger partial charge in [0.2, 0.25) is 0 Å². The summed E-state index contributed by atoms with van der Waals surface area (Å²) in [5.41, 5.74) is 2.65. The number of phenolic OH excluding ortho intramolecular Hbond substituents is 1. The molecule has 2 saturated heterocycles. The van der Waals surface area contributed by atoms with E-state index >= 15 is 0 Å². The fourth-order valence-electron chi connectivity index (χ4n) is 4.83. The summed E-state index contributed by atoms with van der Waals surface area (Å²) < 4.78 is 10.9. The molecule has 0 saturated carbocycles. The first-order chi connectivity index (χ1) is 15.1. The molecule has 1 spiro atoms. The number of carbonyl (C=O) groups excluding carboxylic acids is 1. The number of piperidine rings is 1. The predicted molar refractivity (Wildman–Crippen MR) is 121 cm³/mol. The third-order valence-corrected chi connectivity index (χ3v) is 6.90. The summed E-state index contributed by atoms with van der Waals surface area (Å²) in [6.45, 7) is 3.30. The maximum atomic E-state index is 13.1. The van der Waals surface area contributed by atoms with Gasteiger partial charge in [0.05, 0.1) is 13.7 Å². The predicted octanol–water partition coefficient (Wildman–Crippen LogP) is 4.86. The first kappa shape index (κ1) is 19.9. The van der Waals surface area contributed by atoms with Crippen molar-refractivity contribution in [3.05, 3.63) is 60.2 Å². The molecule has 2 heterocycles. The second kappa shape index (κ2) is 7.89. The van der Waals surface area contributed by atoms with Crippen LogP contribution in [-0.4, -0.2) is 49.3 Å².